The first kappa shape index (κ1) is 11.5. The number of nitrogens with two attached hydrogens (primary N) is 1. The van der Waals surface area contributed by atoms with Crippen molar-refractivity contribution in [3.8, 4) is 0 Å². The molecule has 0 amide bonds. The van der Waals surface area contributed by atoms with Crippen molar-refractivity contribution in [3.05, 3.63) is 64.5 Å². The number of aromatic nitrogens is 3. The number of rotatable bonds is 2. The Hall–Kier alpha value is -2.56. The van der Waals surface area contributed by atoms with Crippen LogP contribution in [0.2, 0.25) is 0 Å². The van der Waals surface area contributed by atoms with Gasteiger partial charge in [-0.25, -0.2) is 4.98 Å². The van der Waals surface area contributed by atoms with Crippen LogP contribution in [0.1, 0.15) is 11.3 Å². The molecule has 0 aromatic carbocycles. The standard InChI is InChI=1S/C14H14N4O/c1-10-6-14(19)18(9-12(10)15)8-11-7-17-5-3-2-4-13(17)16-11/h2-7,9H,8,15H2,1H3. The summed E-state index contributed by atoms with van der Waals surface area (Å²) in [6.07, 6.45) is 5.51. The molecule has 0 atom stereocenters. The van der Waals surface area contributed by atoms with E-state index in [2.05, 4.69) is 4.98 Å². The zero-order valence-corrected chi connectivity index (χ0v) is 10.6. The van der Waals surface area contributed by atoms with Crippen LogP contribution in [-0.4, -0.2) is 14.0 Å². The first-order chi connectivity index (χ1) is 9.13. The van der Waals surface area contributed by atoms with E-state index in [9.17, 15) is 4.79 Å². The maximum atomic E-state index is 11.9. The Labute approximate surface area is 109 Å². The molecule has 96 valence electrons. The Morgan fingerprint density at radius 1 is 1.32 bits per heavy atom. The third-order valence-electron chi connectivity index (χ3n) is 3.12. The van der Waals surface area contributed by atoms with E-state index in [1.165, 1.54) is 0 Å². The first-order valence-corrected chi connectivity index (χ1v) is 6.02. The van der Waals surface area contributed by atoms with Gasteiger partial charge in [0.1, 0.15) is 5.65 Å². The van der Waals surface area contributed by atoms with Crippen molar-refractivity contribution in [3.63, 3.8) is 0 Å². The summed E-state index contributed by atoms with van der Waals surface area (Å²) < 4.78 is 3.50. The number of nitrogens with zero attached hydrogens (tertiary/aromatic N) is 3. The molecule has 0 aliphatic heterocycles. The second-order valence-corrected chi connectivity index (χ2v) is 4.58. The molecule has 3 heterocycles. The average Bonchev–Trinajstić information content (AvgIpc) is 2.78. The van der Waals surface area contributed by atoms with Crippen LogP contribution in [-0.2, 0) is 6.54 Å². The molecule has 2 N–H and O–H groups in total. The summed E-state index contributed by atoms with van der Waals surface area (Å²) in [5.41, 5.74) is 8.88. The first-order valence-electron chi connectivity index (χ1n) is 6.02. The van der Waals surface area contributed by atoms with Crippen LogP contribution in [0, 0.1) is 6.92 Å². The van der Waals surface area contributed by atoms with Gasteiger partial charge in [-0.15, -0.1) is 0 Å². The summed E-state index contributed by atoms with van der Waals surface area (Å²) in [5, 5.41) is 0. The van der Waals surface area contributed by atoms with Crippen LogP contribution in [0.4, 0.5) is 5.69 Å². The van der Waals surface area contributed by atoms with E-state index in [0.717, 1.165) is 16.9 Å². The lowest BCUT2D eigenvalue weighted by Crippen LogP contribution is -2.20. The Morgan fingerprint density at radius 3 is 2.95 bits per heavy atom. The zero-order valence-electron chi connectivity index (χ0n) is 10.6. The molecule has 3 rings (SSSR count). The summed E-state index contributed by atoms with van der Waals surface area (Å²) in [6, 6.07) is 7.34. The second kappa shape index (κ2) is 4.28. The number of fused-ring (bicyclic) bond motifs is 1. The number of pyridine rings is 2. The van der Waals surface area contributed by atoms with Crippen LogP contribution in [0.25, 0.3) is 5.65 Å². The molecule has 5 nitrogen and oxygen atoms in total. The smallest absolute Gasteiger partial charge is 0.251 e. The third-order valence-corrected chi connectivity index (χ3v) is 3.12. The van der Waals surface area contributed by atoms with Crippen molar-refractivity contribution in [2.75, 3.05) is 5.73 Å². The van der Waals surface area contributed by atoms with Gasteiger partial charge in [0.05, 0.1) is 17.9 Å². The molecule has 0 bridgehead atoms. The van der Waals surface area contributed by atoms with Gasteiger partial charge in [0.15, 0.2) is 0 Å². The minimum Gasteiger partial charge on any atom is -0.397 e. The van der Waals surface area contributed by atoms with Crippen molar-refractivity contribution >= 4 is 11.3 Å². The van der Waals surface area contributed by atoms with E-state index in [1.807, 2.05) is 41.9 Å². The van der Waals surface area contributed by atoms with E-state index in [-0.39, 0.29) is 5.56 Å². The molecule has 0 unspecified atom stereocenters. The van der Waals surface area contributed by atoms with E-state index in [0.29, 0.717) is 12.2 Å². The minimum absolute atomic E-state index is 0.0660. The molecule has 0 aliphatic carbocycles. The predicted molar refractivity (Wildman–Crippen MR) is 74.1 cm³/mol. The molecule has 0 radical (unpaired) electrons. The zero-order chi connectivity index (χ0) is 13.4. The van der Waals surface area contributed by atoms with Crippen LogP contribution in [0.5, 0.6) is 0 Å². The molecule has 3 aromatic rings. The number of aryl methyl sites for hydroxylation is 1. The topological polar surface area (TPSA) is 65.3 Å². The monoisotopic (exact) mass is 254 g/mol. The van der Waals surface area contributed by atoms with E-state index in [1.54, 1.807) is 16.8 Å². The summed E-state index contributed by atoms with van der Waals surface area (Å²) in [7, 11) is 0. The predicted octanol–water partition coefficient (Wildman–Crippen LogP) is 1.43. The fourth-order valence-corrected chi connectivity index (χ4v) is 2.05. The summed E-state index contributed by atoms with van der Waals surface area (Å²) >= 11 is 0. The highest BCUT2D eigenvalue weighted by Crippen LogP contribution is 2.09. The number of anilines is 1. The number of imidazole rings is 1. The van der Waals surface area contributed by atoms with Gasteiger partial charge in [0.2, 0.25) is 0 Å². The van der Waals surface area contributed by atoms with E-state index >= 15 is 0 Å². The summed E-state index contributed by atoms with van der Waals surface area (Å²) in [5.74, 6) is 0. The van der Waals surface area contributed by atoms with Crippen LogP contribution < -0.4 is 11.3 Å². The molecule has 0 spiro atoms. The Balaban J connectivity index is 2.01. The lowest BCUT2D eigenvalue weighted by molar-refractivity contribution is 0.744. The SMILES string of the molecule is Cc1cc(=O)n(Cc2cn3ccccc3n2)cc1N. The molecule has 0 fully saturated rings. The van der Waals surface area contributed by atoms with E-state index in [4.69, 9.17) is 5.73 Å². The second-order valence-electron chi connectivity index (χ2n) is 4.58. The average molecular weight is 254 g/mol. The van der Waals surface area contributed by atoms with Crippen LogP contribution in [0.15, 0.2) is 47.7 Å². The van der Waals surface area contributed by atoms with Gasteiger partial charge in [-0.3, -0.25) is 4.79 Å². The van der Waals surface area contributed by atoms with Crippen molar-refractivity contribution in [1.29, 1.82) is 0 Å². The number of nitrogen functional groups attached to an aromatic ring is 1. The van der Waals surface area contributed by atoms with Gasteiger partial charge >= 0.3 is 0 Å². The van der Waals surface area contributed by atoms with Gasteiger partial charge in [-0.2, -0.15) is 0 Å². The Bertz CT molecular complexity index is 768. The van der Waals surface area contributed by atoms with Gasteiger partial charge in [0, 0.05) is 24.7 Å². The normalized spacial score (nSPS) is 11.0. The van der Waals surface area contributed by atoms with Crippen LogP contribution in [0.3, 0.4) is 0 Å². The van der Waals surface area contributed by atoms with Crippen LogP contribution >= 0.6 is 0 Å². The highest BCUT2D eigenvalue weighted by Gasteiger charge is 2.05. The molecule has 3 aromatic heterocycles. The minimum atomic E-state index is -0.0660. The lowest BCUT2D eigenvalue weighted by Gasteiger charge is -2.06. The molecule has 0 aliphatic rings. The lowest BCUT2D eigenvalue weighted by atomic mass is 10.2. The van der Waals surface area contributed by atoms with Crippen molar-refractivity contribution in [1.82, 2.24) is 14.0 Å². The molecule has 0 saturated carbocycles. The van der Waals surface area contributed by atoms with Gasteiger partial charge < -0.3 is 14.7 Å². The fourth-order valence-electron chi connectivity index (χ4n) is 2.05. The third kappa shape index (κ3) is 2.10. The largest absolute Gasteiger partial charge is 0.397 e. The maximum Gasteiger partial charge on any atom is 0.251 e. The van der Waals surface area contributed by atoms with Gasteiger partial charge in [-0.1, -0.05) is 6.07 Å². The molecule has 5 heteroatoms. The van der Waals surface area contributed by atoms with Crippen molar-refractivity contribution < 1.29 is 0 Å². The van der Waals surface area contributed by atoms with Crippen molar-refractivity contribution in [2.24, 2.45) is 0 Å². The molecule has 19 heavy (non-hydrogen) atoms. The molecule has 0 saturated heterocycles. The number of hydrogen-bond donors (Lipinski definition) is 1. The van der Waals surface area contributed by atoms with E-state index < -0.39 is 0 Å². The maximum absolute atomic E-state index is 11.9. The molecular formula is C14H14N4O. The summed E-state index contributed by atoms with van der Waals surface area (Å²) in [6.45, 7) is 2.25. The Morgan fingerprint density at radius 2 is 2.16 bits per heavy atom. The van der Waals surface area contributed by atoms with Gasteiger partial charge in [0.25, 0.3) is 5.56 Å². The number of hydrogen-bond acceptors (Lipinski definition) is 3. The summed E-state index contributed by atoms with van der Waals surface area (Å²) in [4.78, 5) is 16.3. The quantitative estimate of drug-likeness (QED) is 0.752. The van der Waals surface area contributed by atoms with Crippen molar-refractivity contribution in [2.45, 2.75) is 13.5 Å². The highest BCUT2D eigenvalue weighted by molar-refractivity contribution is 5.43. The highest BCUT2D eigenvalue weighted by atomic mass is 16.1. The Kier molecular flexibility index (Phi) is 2.59. The fraction of sp³-hybridized carbons (Fsp3) is 0.143. The van der Waals surface area contributed by atoms with Gasteiger partial charge in [-0.05, 0) is 24.6 Å². The molecular weight excluding hydrogens is 240 g/mol.